The second-order valence-electron chi connectivity index (χ2n) is 5.14. The van der Waals surface area contributed by atoms with Crippen LogP contribution < -0.4 is 5.73 Å². The molecule has 3 heterocycles. The van der Waals surface area contributed by atoms with Crippen molar-refractivity contribution in [3.63, 3.8) is 0 Å². The van der Waals surface area contributed by atoms with Gasteiger partial charge in [-0.15, -0.1) is 0 Å². The van der Waals surface area contributed by atoms with Gasteiger partial charge < -0.3 is 10.7 Å². The lowest BCUT2D eigenvalue weighted by atomic mass is 10.0. The molecular weight excluding hydrogens is 326 g/mol. The molecule has 1 saturated heterocycles. The molecule has 0 unspecified atom stereocenters. The molecule has 0 saturated carbocycles. The number of hydrogen-bond acceptors (Lipinski definition) is 5. The Morgan fingerprint density at radius 1 is 1.36 bits per heavy atom. The van der Waals surface area contributed by atoms with Crippen molar-refractivity contribution >= 4 is 27.4 Å². The Bertz CT molecular complexity index is 763. The van der Waals surface area contributed by atoms with Crippen molar-refractivity contribution in [3.05, 3.63) is 35.5 Å². The van der Waals surface area contributed by atoms with Gasteiger partial charge in [-0.05, 0) is 18.9 Å². The number of piperidine rings is 1. The summed E-state index contributed by atoms with van der Waals surface area (Å²) < 4.78 is 27.4. The number of aromatic amines is 1. The van der Waals surface area contributed by atoms with Crippen LogP contribution in [-0.4, -0.2) is 34.2 Å². The van der Waals surface area contributed by atoms with E-state index < -0.39 is 10.0 Å². The lowest BCUT2D eigenvalue weighted by Crippen LogP contribution is -2.39. The molecule has 9 heteroatoms. The van der Waals surface area contributed by atoms with Gasteiger partial charge in [-0.3, -0.25) is 0 Å². The minimum absolute atomic E-state index is 0.0480. The fourth-order valence-electron chi connectivity index (χ4n) is 2.69. The molecule has 118 valence electrons. The summed E-state index contributed by atoms with van der Waals surface area (Å²) in [4.78, 5) is 11.0. The van der Waals surface area contributed by atoms with Crippen molar-refractivity contribution in [1.29, 1.82) is 0 Å². The molecule has 1 atom stereocenters. The van der Waals surface area contributed by atoms with Crippen LogP contribution in [0.15, 0.2) is 29.6 Å². The zero-order chi connectivity index (χ0) is 15.7. The summed E-state index contributed by atoms with van der Waals surface area (Å²) in [6.07, 6.45) is 7.08. The van der Waals surface area contributed by atoms with Gasteiger partial charge in [0.2, 0.25) is 10.0 Å². The SMILES string of the molecule is Nc1ncc(Cl)cc1S(=O)(=O)N1CCCC[C@H]1c1ncc[nH]1. The van der Waals surface area contributed by atoms with Crippen LogP contribution >= 0.6 is 11.6 Å². The number of imidazole rings is 1. The van der Waals surface area contributed by atoms with Crippen molar-refractivity contribution in [2.75, 3.05) is 12.3 Å². The Morgan fingerprint density at radius 2 is 2.18 bits per heavy atom. The predicted molar refractivity (Wildman–Crippen MR) is 82.7 cm³/mol. The van der Waals surface area contributed by atoms with Gasteiger partial charge in [-0.1, -0.05) is 18.0 Å². The average Bonchev–Trinajstić information content (AvgIpc) is 3.04. The molecule has 3 rings (SSSR count). The summed E-state index contributed by atoms with van der Waals surface area (Å²) in [5.41, 5.74) is 5.75. The van der Waals surface area contributed by atoms with E-state index in [0.29, 0.717) is 18.8 Å². The van der Waals surface area contributed by atoms with Crippen LogP contribution in [0.1, 0.15) is 31.1 Å². The summed E-state index contributed by atoms with van der Waals surface area (Å²) in [7, 11) is -3.79. The number of nitrogens with two attached hydrogens (primary N) is 1. The summed E-state index contributed by atoms with van der Waals surface area (Å²) in [6, 6.07) is 1.01. The first kappa shape index (κ1) is 15.3. The molecule has 0 radical (unpaired) electrons. The van der Waals surface area contributed by atoms with Crippen LogP contribution in [0, 0.1) is 0 Å². The fraction of sp³-hybridized carbons (Fsp3) is 0.385. The van der Waals surface area contributed by atoms with Gasteiger partial charge >= 0.3 is 0 Å². The van der Waals surface area contributed by atoms with E-state index in [-0.39, 0.29) is 21.8 Å². The largest absolute Gasteiger partial charge is 0.383 e. The zero-order valence-electron chi connectivity index (χ0n) is 11.7. The first-order valence-electron chi connectivity index (χ1n) is 6.92. The summed E-state index contributed by atoms with van der Waals surface area (Å²) in [5.74, 6) is 0.588. The Kier molecular flexibility index (Phi) is 4.07. The number of rotatable bonds is 3. The highest BCUT2D eigenvalue weighted by Gasteiger charge is 2.37. The molecule has 0 amide bonds. The molecule has 2 aromatic heterocycles. The number of hydrogen-bond donors (Lipinski definition) is 2. The monoisotopic (exact) mass is 341 g/mol. The maximum Gasteiger partial charge on any atom is 0.247 e. The summed E-state index contributed by atoms with van der Waals surface area (Å²) >= 11 is 5.88. The zero-order valence-corrected chi connectivity index (χ0v) is 13.3. The molecule has 22 heavy (non-hydrogen) atoms. The van der Waals surface area contributed by atoms with Gasteiger partial charge in [0, 0.05) is 25.1 Å². The van der Waals surface area contributed by atoms with Crippen molar-refractivity contribution in [2.24, 2.45) is 0 Å². The van der Waals surface area contributed by atoms with E-state index in [0.717, 1.165) is 12.8 Å². The number of nitrogen functional groups attached to an aromatic ring is 1. The maximum absolute atomic E-state index is 13.0. The quantitative estimate of drug-likeness (QED) is 0.887. The number of H-pyrrole nitrogens is 1. The maximum atomic E-state index is 13.0. The number of nitrogens with zero attached hydrogens (tertiary/aromatic N) is 3. The van der Waals surface area contributed by atoms with Crippen LogP contribution in [0.5, 0.6) is 0 Å². The molecule has 7 nitrogen and oxygen atoms in total. The first-order valence-corrected chi connectivity index (χ1v) is 8.74. The smallest absolute Gasteiger partial charge is 0.247 e. The van der Waals surface area contributed by atoms with Crippen molar-refractivity contribution < 1.29 is 8.42 Å². The molecule has 1 fully saturated rings. The standard InChI is InChI=1S/C13H16ClN5O2S/c14-9-7-11(12(15)18-8-9)22(20,21)19-6-2-1-3-10(19)13-16-4-5-17-13/h4-5,7-8,10H,1-3,6H2,(H2,15,18)(H,16,17)/t10-/m0/s1. The second kappa shape index (κ2) is 5.86. The van der Waals surface area contributed by atoms with E-state index in [1.54, 1.807) is 12.4 Å². The molecule has 0 bridgehead atoms. The second-order valence-corrected chi connectivity index (χ2v) is 7.43. The van der Waals surface area contributed by atoms with Crippen LogP contribution in [0.3, 0.4) is 0 Å². The van der Waals surface area contributed by atoms with Crippen molar-refractivity contribution in [2.45, 2.75) is 30.2 Å². The minimum Gasteiger partial charge on any atom is -0.383 e. The third-order valence-corrected chi connectivity index (χ3v) is 5.87. The average molecular weight is 342 g/mol. The number of sulfonamides is 1. The van der Waals surface area contributed by atoms with Crippen LogP contribution in [0.25, 0.3) is 0 Å². The number of pyridine rings is 1. The highest BCUT2D eigenvalue weighted by Crippen LogP contribution is 2.35. The van der Waals surface area contributed by atoms with Gasteiger partial charge in [-0.2, -0.15) is 4.31 Å². The Morgan fingerprint density at radius 3 is 2.91 bits per heavy atom. The van der Waals surface area contributed by atoms with Crippen LogP contribution in [0.2, 0.25) is 5.02 Å². The van der Waals surface area contributed by atoms with Crippen LogP contribution in [-0.2, 0) is 10.0 Å². The highest BCUT2D eigenvalue weighted by molar-refractivity contribution is 7.89. The lowest BCUT2D eigenvalue weighted by Gasteiger charge is -2.33. The molecular formula is C13H16ClN5O2S. The number of anilines is 1. The number of halogens is 1. The minimum atomic E-state index is -3.79. The molecule has 3 N–H and O–H groups in total. The van der Waals surface area contributed by atoms with Gasteiger partial charge in [0.1, 0.15) is 16.5 Å². The number of aromatic nitrogens is 3. The van der Waals surface area contributed by atoms with E-state index >= 15 is 0 Å². The first-order chi connectivity index (χ1) is 10.5. The lowest BCUT2D eigenvalue weighted by molar-refractivity contribution is 0.247. The third kappa shape index (κ3) is 2.69. The van der Waals surface area contributed by atoms with Gasteiger partial charge in [0.05, 0.1) is 11.1 Å². The molecule has 0 aliphatic carbocycles. The normalized spacial score (nSPS) is 20.1. The van der Waals surface area contributed by atoms with E-state index in [4.69, 9.17) is 17.3 Å². The fourth-order valence-corrected chi connectivity index (χ4v) is 4.67. The Hall–Kier alpha value is -1.64. The van der Waals surface area contributed by atoms with E-state index in [1.807, 2.05) is 0 Å². The van der Waals surface area contributed by atoms with E-state index in [2.05, 4.69) is 15.0 Å². The van der Waals surface area contributed by atoms with Crippen LogP contribution in [0.4, 0.5) is 5.82 Å². The predicted octanol–water partition coefficient (Wildman–Crippen LogP) is 1.96. The Labute approximate surface area is 133 Å². The van der Waals surface area contributed by atoms with Gasteiger partial charge in [0.25, 0.3) is 0 Å². The number of nitrogens with one attached hydrogen (secondary N) is 1. The molecule has 1 aliphatic heterocycles. The summed E-state index contributed by atoms with van der Waals surface area (Å²) in [5, 5.41) is 0.235. The van der Waals surface area contributed by atoms with E-state index in [9.17, 15) is 8.42 Å². The Balaban J connectivity index is 2.04. The van der Waals surface area contributed by atoms with Gasteiger partial charge in [0.15, 0.2) is 0 Å². The van der Waals surface area contributed by atoms with Crippen molar-refractivity contribution in [1.82, 2.24) is 19.3 Å². The van der Waals surface area contributed by atoms with Gasteiger partial charge in [-0.25, -0.2) is 18.4 Å². The topological polar surface area (TPSA) is 105 Å². The highest BCUT2D eigenvalue weighted by atomic mass is 35.5. The summed E-state index contributed by atoms with van der Waals surface area (Å²) in [6.45, 7) is 0.416. The third-order valence-electron chi connectivity index (χ3n) is 3.72. The molecule has 0 spiro atoms. The molecule has 1 aliphatic rings. The molecule has 2 aromatic rings. The van der Waals surface area contributed by atoms with Crippen molar-refractivity contribution in [3.8, 4) is 0 Å². The van der Waals surface area contributed by atoms with E-state index in [1.165, 1.54) is 16.6 Å². The molecule has 0 aromatic carbocycles.